The average Bonchev–Trinajstić information content (AvgIpc) is 3.10. The van der Waals surface area contributed by atoms with Crippen LogP contribution in [0.1, 0.15) is 6.92 Å². The predicted octanol–water partition coefficient (Wildman–Crippen LogP) is 4.78. The lowest BCUT2D eigenvalue weighted by Gasteiger charge is -2.21. The fourth-order valence-corrected chi connectivity index (χ4v) is 3.68. The lowest BCUT2D eigenvalue weighted by molar-refractivity contribution is -0.117. The summed E-state index contributed by atoms with van der Waals surface area (Å²) in [6.07, 6.45) is 3.66. The van der Waals surface area contributed by atoms with Crippen LogP contribution in [-0.2, 0) is 4.79 Å². The maximum Gasteiger partial charge on any atom is 0.240 e. The number of thioether (sulfide) groups is 1. The van der Waals surface area contributed by atoms with Crippen molar-refractivity contribution in [3.8, 4) is 5.69 Å². The number of halogens is 1. The van der Waals surface area contributed by atoms with Crippen LogP contribution in [0, 0.1) is 0 Å². The molecular weight excluding hydrogens is 398 g/mol. The monoisotopic (exact) mass is 415 g/mol. The maximum atomic E-state index is 12.7. The largest absolute Gasteiger partial charge is 0.315 e. The SMILES string of the molecule is CC(Sc1nccn1-c1ccc(Br)cc1)C(=O)N(C)c1ccccc1. The molecule has 0 saturated carbocycles. The summed E-state index contributed by atoms with van der Waals surface area (Å²) in [5.74, 6) is 0.0431. The minimum Gasteiger partial charge on any atom is -0.315 e. The van der Waals surface area contributed by atoms with Gasteiger partial charge in [0.15, 0.2) is 5.16 Å². The Kier molecular flexibility index (Phi) is 5.60. The van der Waals surface area contributed by atoms with Gasteiger partial charge in [-0.3, -0.25) is 9.36 Å². The van der Waals surface area contributed by atoms with E-state index in [1.165, 1.54) is 11.8 Å². The van der Waals surface area contributed by atoms with Crippen molar-refractivity contribution in [2.24, 2.45) is 0 Å². The molecule has 1 heterocycles. The molecule has 6 heteroatoms. The lowest BCUT2D eigenvalue weighted by Crippen LogP contribution is -2.33. The van der Waals surface area contributed by atoms with Gasteiger partial charge in [-0.1, -0.05) is 45.9 Å². The van der Waals surface area contributed by atoms with Crippen LogP contribution in [0.5, 0.6) is 0 Å². The molecule has 1 aromatic heterocycles. The Morgan fingerprint density at radius 3 is 2.52 bits per heavy atom. The Morgan fingerprint density at radius 2 is 1.84 bits per heavy atom. The van der Waals surface area contributed by atoms with Gasteiger partial charge in [0.05, 0.1) is 5.25 Å². The molecular formula is C19H18BrN3OS. The molecule has 25 heavy (non-hydrogen) atoms. The molecule has 0 aliphatic rings. The van der Waals surface area contributed by atoms with E-state index in [4.69, 9.17) is 0 Å². The minimum atomic E-state index is -0.248. The van der Waals surface area contributed by atoms with Gasteiger partial charge < -0.3 is 4.90 Å². The van der Waals surface area contributed by atoms with Crippen LogP contribution < -0.4 is 4.90 Å². The quantitative estimate of drug-likeness (QED) is 0.562. The number of carbonyl (C=O) groups excluding carboxylic acids is 1. The first-order valence-electron chi connectivity index (χ1n) is 7.85. The van der Waals surface area contributed by atoms with E-state index >= 15 is 0 Å². The van der Waals surface area contributed by atoms with Crippen molar-refractivity contribution in [1.29, 1.82) is 0 Å². The lowest BCUT2D eigenvalue weighted by atomic mass is 10.3. The highest BCUT2D eigenvalue weighted by molar-refractivity contribution is 9.10. The molecule has 0 saturated heterocycles. The summed E-state index contributed by atoms with van der Waals surface area (Å²) in [6.45, 7) is 1.91. The van der Waals surface area contributed by atoms with Gasteiger partial charge in [-0.2, -0.15) is 0 Å². The second kappa shape index (κ2) is 7.89. The van der Waals surface area contributed by atoms with Crippen LogP contribution in [-0.4, -0.2) is 27.8 Å². The number of amides is 1. The first-order chi connectivity index (χ1) is 12.1. The van der Waals surface area contributed by atoms with Gasteiger partial charge in [0.1, 0.15) is 0 Å². The van der Waals surface area contributed by atoms with Gasteiger partial charge in [0, 0.05) is 35.3 Å². The van der Waals surface area contributed by atoms with E-state index in [-0.39, 0.29) is 11.2 Å². The Balaban J connectivity index is 1.75. The van der Waals surface area contributed by atoms with Crippen molar-refractivity contribution in [2.75, 3.05) is 11.9 Å². The van der Waals surface area contributed by atoms with Crippen LogP contribution in [0.4, 0.5) is 5.69 Å². The summed E-state index contributed by atoms with van der Waals surface area (Å²) < 4.78 is 3.02. The minimum absolute atomic E-state index is 0.0431. The van der Waals surface area contributed by atoms with Crippen LogP contribution in [0.15, 0.2) is 76.6 Å². The second-order valence-electron chi connectivity index (χ2n) is 5.55. The number of nitrogens with zero attached hydrogens (tertiary/aromatic N) is 3. The zero-order valence-corrected chi connectivity index (χ0v) is 16.4. The van der Waals surface area contributed by atoms with E-state index < -0.39 is 0 Å². The maximum absolute atomic E-state index is 12.7. The number of aromatic nitrogens is 2. The Labute approximate surface area is 160 Å². The summed E-state index contributed by atoms with van der Waals surface area (Å²) in [5, 5.41) is 0.548. The molecule has 128 valence electrons. The Morgan fingerprint density at radius 1 is 1.16 bits per heavy atom. The number of hydrogen-bond donors (Lipinski definition) is 0. The van der Waals surface area contributed by atoms with E-state index in [0.29, 0.717) is 0 Å². The molecule has 0 aliphatic heterocycles. The Hall–Kier alpha value is -2.05. The third-order valence-corrected chi connectivity index (χ3v) is 5.41. The van der Waals surface area contributed by atoms with Gasteiger partial charge in [0.25, 0.3) is 0 Å². The first-order valence-corrected chi connectivity index (χ1v) is 9.52. The van der Waals surface area contributed by atoms with Crippen molar-refractivity contribution in [3.63, 3.8) is 0 Å². The fraction of sp³-hybridized carbons (Fsp3) is 0.158. The number of benzene rings is 2. The standard InChI is InChI=1S/C19H18BrN3OS/c1-14(18(24)22(2)16-6-4-3-5-7-16)25-19-21-12-13-23(19)17-10-8-15(20)9-11-17/h3-14H,1-2H3. The van der Waals surface area contributed by atoms with E-state index in [1.54, 1.807) is 18.1 Å². The number of hydrogen-bond acceptors (Lipinski definition) is 3. The molecule has 3 aromatic rings. The molecule has 0 radical (unpaired) electrons. The summed E-state index contributed by atoms with van der Waals surface area (Å²) in [4.78, 5) is 18.8. The van der Waals surface area contributed by atoms with E-state index in [9.17, 15) is 4.79 Å². The van der Waals surface area contributed by atoms with Crippen LogP contribution in [0.3, 0.4) is 0 Å². The topological polar surface area (TPSA) is 38.1 Å². The van der Waals surface area contributed by atoms with Gasteiger partial charge in [-0.25, -0.2) is 4.98 Å². The summed E-state index contributed by atoms with van der Waals surface area (Å²) in [7, 11) is 1.80. The van der Waals surface area contributed by atoms with Crippen molar-refractivity contribution in [3.05, 3.63) is 71.5 Å². The molecule has 0 fully saturated rings. The Bertz CT molecular complexity index is 849. The van der Waals surface area contributed by atoms with E-state index in [2.05, 4.69) is 20.9 Å². The highest BCUT2D eigenvalue weighted by Gasteiger charge is 2.22. The van der Waals surface area contributed by atoms with Crippen LogP contribution >= 0.6 is 27.7 Å². The zero-order chi connectivity index (χ0) is 17.8. The van der Waals surface area contributed by atoms with Gasteiger partial charge in [-0.05, 0) is 43.3 Å². The molecule has 0 N–H and O–H groups in total. The molecule has 0 aliphatic carbocycles. The normalized spacial score (nSPS) is 12.0. The van der Waals surface area contributed by atoms with Crippen molar-refractivity contribution >= 4 is 39.3 Å². The second-order valence-corrected chi connectivity index (χ2v) is 7.77. The third kappa shape index (κ3) is 4.14. The molecule has 4 nitrogen and oxygen atoms in total. The molecule has 1 amide bonds. The van der Waals surface area contributed by atoms with Crippen LogP contribution in [0.25, 0.3) is 5.69 Å². The average molecular weight is 416 g/mol. The van der Waals surface area contributed by atoms with Crippen molar-refractivity contribution in [2.45, 2.75) is 17.3 Å². The van der Waals surface area contributed by atoms with E-state index in [1.807, 2.05) is 72.3 Å². The number of para-hydroxylation sites is 1. The van der Waals surface area contributed by atoms with Gasteiger partial charge >= 0.3 is 0 Å². The molecule has 1 unspecified atom stereocenters. The van der Waals surface area contributed by atoms with Crippen molar-refractivity contribution < 1.29 is 4.79 Å². The summed E-state index contributed by atoms with van der Waals surface area (Å²) in [5.41, 5.74) is 1.90. The summed E-state index contributed by atoms with van der Waals surface area (Å²) in [6, 6.07) is 17.7. The summed E-state index contributed by atoms with van der Waals surface area (Å²) >= 11 is 4.90. The number of carbonyl (C=O) groups is 1. The molecule has 0 spiro atoms. The first kappa shape index (κ1) is 17.8. The highest BCUT2D eigenvalue weighted by atomic mass is 79.9. The van der Waals surface area contributed by atoms with Gasteiger partial charge in [-0.15, -0.1) is 0 Å². The zero-order valence-electron chi connectivity index (χ0n) is 14.0. The molecule has 2 aromatic carbocycles. The highest BCUT2D eigenvalue weighted by Crippen LogP contribution is 2.27. The molecule has 0 bridgehead atoms. The van der Waals surface area contributed by atoms with E-state index in [0.717, 1.165) is 21.0 Å². The van der Waals surface area contributed by atoms with Gasteiger partial charge in [0.2, 0.25) is 5.91 Å². The molecule has 1 atom stereocenters. The van der Waals surface area contributed by atoms with Crippen molar-refractivity contribution in [1.82, 2.24) is 9.55 Å². The number of anilines is 1. The van der Waals surface area contributed by atoms with Crippen LogP contribution in [0.2, 0.25) is 0 Å². The number of rotatable bonds is 5. The molecule has 3 rings (SSSR count). The predicted molar refractivity (Wildman–Crippen MR) is 106 cm³/mol. The number of imidazole rings is 1. The third-order valence-electron chi connectivity index (χ3n) is 3.82. The fourth-order valence-electron chi connectivity index (χ4n) is 2.44. The smallest absolute Gasteiger partial charge is 0.240 e.